The molecule has 104 valence electrons. The highest BCUT2D eigenvalue weighted by Crippen LogP contribution is 2.34. The lowest BCUT2D eigenvalue weighted by Gasteiger charge is -2.01. The van der Waals surface area contributed by atoms with Crippen LogP contribution in [0, 0.1) is 0 Å². The van der Waals surface area contributed by atoms with E-state index in [2.05, 4.69) is 10.4 Å². The Labute approximate surface area is 125 Å². The molecule has 3 aromatic rings. The first-order chi connectivity index (χ1) is 10.1. The zero-order valence-corrected chi connectivity index (χ0v) is 11.9. The number of hydrogen-bond donors (Lipinski definition) is 2. The maximum Gasteiger partial charge on any atom is 0.280 e. The first-order valence-corrected chi connectivity index (χ1v) is 7.24. The van der Waals surface area contributed by atoms with Crippen LogP contribution in [0.25, 0.3) is 21.2 Å². The lowest BCUT2D eigenvalue weighted by Crippen LogP contribution is -2.24. The molecule has 5 heteroatoms. The van der Waals surface area contributed by atoms with Crippen molar-refractivity contribution in [2.45, 2.75) is 0 Å². The summed E-state index contributed by atoms with van der Waals surface area (Å²) < 4.78 is 1.12. The summed E-state index contributed by atoms with van der Waals surface area (Å²) in [7, 11) is 0. The van der Waals surface area contributed by atoms with Crippen molar-refractivity contribution in [3.8, 4) is 11.1 Å². The standard InChI is InChI=1S/C16H13N3OS/c17-16(18)19-15(20)11-6-7-14-12(8-11)13(9-21-14)10-4-2-1-3-5-10/h1-9H,(H4,17,18,19,20). The molecule has 1 aromatic heterocycles. The minimum Gasteiger partial charge on any atom is -0.370 e. The summed E-state index contributed by atoms with van der Waals surface area (Å²) in [5.41, 5.74) is 13.2. The van der Waals surface area contributed by atoms with Gasteiger partial charge in [-0.3, -0.25) is 4.79 Å². The van der Waals surface area contributed by atoms with Crippen LogP contribution in [0.1, 0.15) is 10.4 Å². The Balaban J connectivity index is 2.13. The van der Waals surface area contributed by atoms with Crippen LogP contribution >= 0.6 is 11.3 Å². The van der Waals surface area contributed by atoms with Gasteiger partial charge in [-0.15, -0.1) is 11.3 Å². The molecule has 0 spiro atoms. The van der Waals surface area contributed by atoms with Crippen LogP contribution < -0.4 is 11.5 Å². The molecular formula is C16H13N3OS. The summed E-state index contributed by atoms with van der Waals surface area (Å²) in [6.45, 7) is 0. The number of carbonyl (C=O) groups is 1. The molecule has 2 aromatic carbocycles. The van der Waals surface area contributed by atoms with Crippen molar-refractivity contribution in [3.05, 3.63) is 59.5 Å². The number of carbonyl (C=O) groups excluding carboxylic acids is 1. The van der Waals surface area contributed by atoms with Gasteiger partial charge in [0.25, 0.3) is 5.91 Å². The Morgan fingerprint density at radius 1 is 1.05 bits per heavy atom. The minimum atomic E-state index is -0.429. The number of nitrogens with zero attached hydrogens (tertiary/aromatic N) is 1. The SMILES string of the molecule is NC(N)=NC(=O)c1ccc2scc(-c3ccccc3)c2c1. The van der Waals surface area contributed by atoms with Crippen molar-refractivity contribution in [2.24, 2.45) is 16.5 Å². The zero-order chi connectivity index (χ0) is 14.8. The molecular weight excluding hydrogens is 282 g/mol. The van der Waals surface area contributed by atoms with Gasteiger partial charge in [-0.05, 0) is 29.1 Å². The van der Waals surface area contributed by atoms with Crippen molar-refractivity contribution in [2.75, 3.05) is 0 Å². The third kappa shape index (κ3) is 2.64. The Bertz CT molecular complexity index is 833. The van der Waals surface area contributed by atoms with Gasteiger partial charge in [0.15, 0.2) is 5.96 Å². The quantitative estimate of drug-likeness (QED) is 0.563. The second-order valence-corrected chi connectivity index (χ2v) is 5.48. The molecule has 0 saturated carbocycles. The van der Waals surface area contributed by atoms with Gasteiger partial charge in [-0.25, -0.2) is 0 Å². The highest BCUT2D eigenvalue weighted by atomic mass is 32.1. The second kappa shape index (κ2) is 5.38. The number of nitrogens with two attached hydrogens (primary N) is 2. The van der Waals surface area contributed by atoms with Gasteiger partial charge in [0.05, 0.1) is 0 Å². The van der Waals surface area contributed by atoms with E-state index < -0.39 is 5.91 Å². The molecule has 3 rings (SSSR count). The Hall–Kier alpha value is -2.66. The van der Waals surface area contributed by atoms with Crippen LogP contribution in [0.4, 0.5) is 0 Å². The highest BCUT2D eigenvalue weighted by Gasteiger charge is 2.10. The number of aliphatic imine (C=N–C) groups is 1. The van der Waals surface area contributed by atoms with E-state index in [1.165, 1.54) is 0 Å². The number of fused-ring (bicyclic) bond motifs is 1. The zero-order valence-electron chi connectivity index (χ0n) is 11.1. The molecule has 0 atom stereocenters. The lowest BCUT2D eigenvalue weighted by molar-refractivity contribution is 0.100. The normalized spacial score (nSPS) is 10.5. The van der Waals surface area contributed by atoms with E-state index >= 15 is 0 Å². The Morgan fingerprint density at radius 2 is 1.81 bits per heavy atom. The third-order valence-corrected chi connectivity index (χ3v) is 4.10. The van der Waals surface area contributed by atoms with E-state index in [-0.39, 0.29) is 5.96 Å². The predicted molar refractivity (Wildman–Crippen MR) is 87.4 cm³/mol. The molecule has 21 heavy (non-hydrogen) atoms. The topological polar surface area (TPSA) is 81.5 Å². The minimum absolute atomic E-state index is 0.228. The van der Waals surface area contributed by atoms with Gasteiger partial charge in [0.1, 0.15) is 0 Å². The predicted octanol–water partition coefficient (Wildman–Crippen LogP) is 2.98. The van der Waals surface area contributed by atoms with E-state index in [9.17, 15) is 4.79 Å². The molecule has 0 fully saturated rings. The van der Waals surface area contributed by atoms with Crippen LogP contribution in [0.15, 0.2) is 58.9 Å². The Morgan fingerprint density at radius 3 is 2.52 bits per heavy atom. The number of amides is 1. The van der Waals surface area contributed by atoms with Crippen LogP contribution in [0.2, 0.25) is 0 Å². The fourth-order valence-electron chi connectivity index (χ4n) is 2.19. The summed E-state index contributed by atoms with van der Waals surface area (Å²) in [6, 6.07) is 15.6. The summed E-state index contributed by atoms with van der Waals surface area (Å²) in [5, 5.41) is 3.12. The average molecular weight is 295 g/mol. The highest BCUT2D eigenvalue weighted by molar-refractivity contribution is 7.17. The molecule has 1 amide bonds. The fourth-order valence-corrected chi connectivity index (χ4v) is 3.14. The molecule has 0 aliphatic rings. The number of guanidine groups is 1. The van der Waals surface area contributed by atoms with Crippen LogP contribution in [0.5, 0.6) is 0 Å². The van der Waals surface area contributed by atoms with Crippen molar-refractivity contribution in [1.82, 2.24) is 0 Å². The van der Waals surface area contributed by atoms with Crippen LogP contribution in [-0.4, -0.2) is 11.9 Å². The summed E-state index contributed by atoms with van der Waals surface area (Å²) in [5.74, 6) is -0.657. The third-order valence-electron chi connectivity index (χ3n) is 3.14. The van der Waals surface area contributed by atoms with Gasteiger partial charge in [0, 0.05) is 21.2 Å². The van der Waals surface area contributed by atoms with E-state index in [0.717, 1.165) is 21.2 Å². The van der Waals surface area contributed by atoms with Crippen LogP contribution in [-0.2, 0) is 0 Å². The maximum atomic E-state index is 11.9. The van der Waals surface area contributed by atoms with Gasteiger partial charge < -0.3 is 11.5 Å². The first-order valence-electron chi connectivity index (χ1n) is 6.36. The summed E-state index contributed by atoms with van der Waals surface area (Å²) in [4.78, 5) is 15.5. The second-order valence-electron chi connectivity index (χ2n) is 4.57. The van der Waals surface area contributed by atoms with E-state index in [1.807, 2.05) is 42.5 Å². The van der Waals surface area contributed by atoms with E-state index in [4.69, 9.17) is 11.5 Å². The van der Waals surface area contributed by atoms with Crippen molar-refractivity contribution >= 4 is 33.3 Å². The lowest BCUT2D eigenvalue weighted by atomic mass is 10.0. The maximum absolute atomic E-state index is 11.9. The summed E-state index contributed by atoms with van der Waals surface area (Å²) in [6.07, 6.45) is 0. The first kappa shape index (κ1) is 13.3. The summed E-state index contributed by atoms with van der Waals surface area (Å²) >= 11 is 1.65. The molecule has 4 N–H and O–H groups in total. The van der Waals surface area contributed by atoms with Crippen molar-refractivity contribution < 1.29 is 4.79 Å². The largest absolute Gasteiger partial charge is 0.370 e. The monoisotopic (exact) mass is 295 g/mol. The molecule has 0 aliphatic heterocycles. The average Bonchev–Trinajstić information content (AvgIpc) is 2.90. The van der Waals surface area contributed by atoms with E-state index in [1.54, 1.807) is 17.4 Å². The number of rotatable bonds is 2. The van der Waals surface area contributed by atoms with Gasteiger partial charge in [0.2, 0.25) is 0 Å². The van der Waals surface area contributed by atoms with Gasteiger partial charge >= 0.3 is 0 Å². The number of benzene rings is 2. The Kier molecular flexibility index (Phi) is 3.41. The molecule has 0 bridgehead atoms. The molecule has 0 aliphatic carbocycles. The van der Waals surface area contributed by atoms with Crippen molar-refractivity contribution in [3.63, 3.8) is 0 Å². The number of hydrogen-bond acceptors (Lipinski definition) is 2. The van der Waals surface area contributed by atoms with E-state index in [0.29, 0.717) is 5.56 Å². The molecule has 0 unspecified atom stereocenters. The van der Waals surface area contributed by atoms with Crippen LogP contribution in [0.3, 0.4) is 0 Å². The molecule has 1 heterocycles. The molecule has 0 saturated heterocycles. The fraction of sp³-hybridized carbons (Fsp3) is 0. The van der Waals surface area contributed by atoms with Gasteiger partial charge in [-0.1, -0.05) is 30.3 Å². The van der Waals surface area contributed by atoms with Gasteiger partial charge in [-0.2, -0.15) is 4.99 Å². The number of thiophene rings is 1. The molecule has 0 radical (unpaired) electrons. The van der Waals surface area contributed by atoms with Crippen molar-refractivity contribution in [1.29, 1.82) is 0 Å². The smallest absolute Gasteiger partial charge is 0.280 e. The molecule has 4 nitrogen and oxygen atoms in total.